The van der Waals surface area contributed by atoms with Crippen molar-refractivity contribution in [2.24, 2.45) is 0 Å². The molecule has 1 aromatic heterocycles. The Kier molecular flexibility index (Phi) is 5.71. The van der Waals surface area contributed by atoms with Gasteiger partial charge in [-0.15, -0.1) is 11.8 Å². The molecule has 5 nitrogen and oxygen atoms in total. The molecule has 116 valence electrons. The van der Waals surface area contributed by atoms with Crippen LogP contribution in [0.5, 0.6) is 11.6 Å². The Morgan fingerprint density at radius 1 is 1.32 bits per heavy atom. The number of hydrogen-bond acceptors (Lipinski definition) is 5. The van der Waals surface area contributed by atoms with Crippen molar-refractivity contribution in [2.45, 2.75) is 11.9 Å². The van der Waals surface area contributed by atoms with Crippen LogP contribution in [0.25, 0.3) is 0 Å². The topological polar surface area (TPSA) is 55.3 Å². The van der Waals surface area contributed by atoms with Gasteiger partial charge in [0.1, 0.15) is 16.6 Å². The van der Waals surface area contributed by atoms with Crippen LogP contribution < -0.4 is 4.74 Å². The van der Waals surface area contributed by atoms with E-state index < -0.39 is 0 Å². The maximum atomic E-state index is 12.8. The first kappa shape index (κ1) is 16.2. The van der Waals surface area contributed by atoms with Crippen molar-refractivity contribution in [3.8, 4) is 11.6 Å². The number of rotatable bonds is 6. The fourth-order valence-electron chi connectivity index (χ4n) is 1.52. The third kappa shape index (κ3) is 5.00. The first-order chi connectivity index (χ1) is 10.5. The summed E-state index contributed by atoms with van der Waals surface area (Å²) in [5.74, 6) is 1.26. The van der Waals surface area contributed by atoms with Gasteiger partial charge in [-0.3, -0.25) is 9.78 Å². The number of ether oxygens (including phenoxy) is 1. The number of carbonyl (C=O) groups is 1. The predicted octanol–water partition coefficient (Wildman–Crippen LogP) is 2.98. The molecular weight excluding hydrogens is 305 g/mol. The molecule has 0 saturated carbocycles. The molecule has 0 spiro atoms. The van der Waals surface area contributed by atoms with Crippen LogP contribution in [0, 0.1) is 5.82 Å². The molecule has 0 radical (unpaired) electrons. The zero-order valence-corrected chi connectivity index (χ0v) is 13.1. The summed E-state index contributed by atoms with van der Waals surface area (Å²) < 4.78 is 18.4. The Labute approximate surface area is 132 Å². The second-order valence-electron chi connectivity index (χ2n) is 4.54. The molecule has 0 aliphatic carbocycles. The molecule has 0 aliphatic heterocycles. The Balaban J connectivity index is 1.92. The van der Waals surface area contributed by atoms with Crippen molar-refractivity contribution >= 4 is 17.7 Å². The SMILES string of the molecule is CC(=O)N(C)CCSc1cncc(Oc2ccc(F)cc2)n1. The van der Waals surface area contributed by atoms with Gasteiger partial charge in [-0.1, -0.05) is 0 Å². The molecule has 1 aromatic carbocycles. The summed E-state index contributed by atoms with van der Waals surface area (Å²) in [6, 6.07) is 5.69. The van der Waals surface area contributed by atoms with Crippen LogP contribution in [0.1, 0.15) is 6.92 Å². The molecule has 1 amide bonds. The number of carbonyl (C=O) groups excluding carboxylic acids is 1. The van der Waals surface area contributed by atoms with E-state index in [2.05, 4.69) is 9.97 Å². The Bertz CT molecular complexity index is 637. The number of benzene rings is 1. The van der Waals surface area contributed by atoms with Gasteiger partial charge in [0.05, 0.1) is 12.4 Å². The normalized spacial score (nSPS) is 10.3. The van der Waals surface area contributed by atoms with E-state index in [0.29, 0.717) is 29.0 Å². The fourth-order valence-corrected chi connectivity index (χ4v) is 2.38. The fraction of sp³-hybridized carbons (Fsp3) is 0.267. The average molecular weight is 321 g/mol. The number of aromatic nitrogens is 2. The Morgan fingerprint density at radius 2 is 2.05 bits per heavy atom. The van der Waals surface area contributed by atoms with E-state index in [9.17, 15) is 9.18 Å². The highest BCUT2D eigenvalue weighted by Gasteiger charge is 2.05. The molecule has 22 heavy (non-hydrogen) atoms. The van der Waals surface area contributed by atoms with Gasteiger partial charge < -0.3 is 9.64 Å². The highest BCUT2D eigenvalue weighted by Crippen LogP contribution is 2.22. The minimum atomic E-state index is -0.322. The van der Waals surface area contributed by atoms with E-state index >= 15 is 0 Å². The summed E-state index contributed by atoms with van der Waals surface area (Å²) in [6.45, 7) is 2.16. The summed E-state index contributed by atoms with van der Waals surface area (Å²) >= 11 is 1.49. The molecule has 0 aliphatic rings. The molecule has 0 atom stereocenters. The number of thioether (sulfide) groups is 1. The minimum Gasteiger partial charge on any atom is -0.437 e. The van der Waals surface area contributed by atoms with Crippen LogP contribution in [0.2, 0.25) is 0 Å². The van der Waals surface area contributed by atoms with Gasteiger partial charge in [0, 0.05) is 26.3 Å². The summed E-state index contributed by atoms with van der Waals surface area (Å²) in [4.78, 5) is 21.1. The van der Waals surface area contributed by atoms with Crippen molar-refractivity contribution in [3.63, 3.8) is 0 Å². The van der Waals surface area contributed by atoms with Crippen LogP contribution in [0.3, 0.4) is 0 Å². The lowest BCUT2D eigenvalue weighted by Gasteiger charge is -2.13. The largest absolute Gasteiger partial charge is 0.437 e. The van der Waals surface area contributed by atoms with E-state index in [1.165, 1.54) is 49.1 Å². The average Bonchev–Trinajstić information content (AvgIpc) is 2.50. The third-order valence-corrected chi connectivity index (χ3v) is 3.72. The molecule has 0 N–H and O–H groups in total. The molecule has 1 heterocycles. The number of hydrogen-bond donors (Lipinski definition) is 0. The van der Waals surface area contributed by atoms with Crippen LogP contribution in [-0.2, 0) is 4.79 Å². The van der Waals surface area contributed by atoms with Gasteiger partial charge in [0.25, 0.3) is 0 Å². The zero-order chi connectivity index (χ0) is 15.9. The molecule has 2 rings (SSSR count). The quantitative estimate of drug-likeness (QED) is 0.766. The molecule has 0 fully saturated rings. The second-order valence-corrected chi connectivity index (χ2v) is 5.66. The van der Waals surface area contributed by atoms with Crippen LogP contribution in [-0.4, -0.2) is 40.1 Å². The highest BCUT2D eigenvalue weighted by molar-refractivity contribution is 7.99. The van der Waals surface area contributed by atoms with Crippen molar-refractivity contribution in [2.75, 3.05) is 19.3 Å². The smallest absolute Gasteiger partial charge is 0.238 e. The van der Waals surface area contributed by atoms with Crippen LogP contribution in [0.15, 0.2) is 41.7 Å². The third-order valence-electron chi connectivity index (χ3n) is 2.84. The summed E-state index contributed by atoms with van der Waals surface area (Å²) in [7, 11) is 1.75. The van der Waals surface area contributed by atoms with Gasteiger partial charge in [-0.25, -0.2) is 9.37 Å². The van der Waals surface area contributed by atoms with Gasteiger partial charge in [0.15, 0.2) is 0 Å². The van der Waals surface area contributed by atoms with E-state index in [1.54, 1.807) is 18.1 Å². The molecular formula is C15H16FN3O2S. The van der Waals surface area contributed by atoms with Gasteiger partial charge >= 0.3 is 0 Å². The van der Waals surface area contributed by atoms with Crippen molar-refractivity contribution in [1.82, 2.24) is 14.9 Å². The van der Waals surface area contributed by atoms with Crippen molar-refractivity contribution in [1.29, 1.82) is 0 Å². The lowest BCUT2D eigenvalue weighted by molar-refractivity contribution is -0.127. The number of nitrogens with zero attached hydrogens (tertiary/aromatic N) is 3. The van der Waals surface area contributed by atoms with E-state index in [1.807, 2.05) is 0 Å². The Morgan fingerprint density at radius 3 is 2.73 bits per heavy atom. The van der Waals surface area contributed by atoms with E-state index in [-0.39, 0.29) is 11.7 Å². The zero-order valence-electron chi connectivity index (χ0n) is 12.3. The van der Waals surface area contributed by atoms with Crippen LogP contribution >= 0.6 is 11.8 Å². The first-order valence-electron chi connectivity index (χ1n) is 6.64. The van der Waals surface area contributed by atoms with Crippen molar-refractivity contribution < 1.29 is 13.9 Å². The Hall–Kier alpha value is -2.15. The summed E-state index contributed by atoms with van der Waals surface area (Å²) in [5.41, 5.74) is 0. The molecule has 0 saturated heterocycles. The molecule has 7 heteroatoms. The maximum absolute atomic E-state index is 12.8. The van der Waals surface area contributed by atoms with E-state index in [4.69, 9.17) is 4.74 Å². The van der Waals surface area contributed by atoms with Gasteiger partial charge in [-0.2, -0.15) is 0 Å². The van der Waals surface area contributed by atoms with Crippen molar-refractivity contribution in [3.05, 3.63) is 42.5 Å². The van der Waals surface area contributed by atoms with Gasteiger partial charge in [0.2, 0.25) is 11.8 Å². The van der Waals surface area contributed by atoms with Gasteiger partial charge in [-0.05, 0) is 24.3 Å². The molecule has 0 bridgehead atoms. The van der Waals surface area contributed by atoms with E-state index in [0.717, 1.165) is 0 Å². The number of amides is 1. The summed E-state index contributed by atoms with van der Waals surface area (Å²) in [5, 5.41) is 0.705. The number of halogens is 1. The lowest BCUT2D eigenvalue weighted by Crippen LogP contribution is -2.26. The second kappa shape index (κ2) is 7.74. The lowest BCUT2D eigenvalue weighted by atomic mass is 10.3. The maximum Gasteiger partial charge on any atom is 0.238 e. The molecule has 0 unspecified atom stereocenters. The first-order valence-corrected chi connectivity index (χ1v) is 7.63. The van der Waals surface area contributed by atoms with Crippen LogP contribution in [0.4, 0.5) is 4.39 Å². The predicted molar refractivity (Wildman–Crippen MR) is 82.5 cm³/mol. The monoisotopic (exact) mass is 321 g/mol. The standard InChI is InChI=1S/C15H16FN3O2S/c1-11(20)19(2)7-8-22-15-10-17-9-14(18-15)21-13-5-3-12(16)4-6-13/h3-6,9-10H,7-8H2,1-2H3. The summed E-state index contributed by atoms with van der Waals surface area (Å²) in [6.07, 6.45) is 3.13. The highest BCUT2D eigenvalue weighted by atomic mass is 32.2. The molecule has 2 aromatic rings. The minimum absolute atomic E-state index is 0.0279.